The van der Waals surface area contributed by atoms with Crippen molar-refractivity contribution in [3.63, 3.8) is 0 Å². The van der Waals surface area contributed by atoms with E-state index in [0.717, 1.165) is 11.8 Å². The second-order valence-electron chi connectivity index (χ2n) is 7.47. The van der Waals surface area contributed by atoms with E-state index in [1.165, 1.54) is 41.1 Å². The summed E-state index contributed by atoms with van der Waals surface area (Å²) in [6, 6.07) is 15.0. The Bertz CT molecular complexity index is 1470. The largest absolute Gasteiger partial charge is 0.383 e. The molecule has 0 aliphatic carbocycles. The number of hydrogen-bond donors (Lipinski definition) is 2. The van der Waals surface area contributed by atoms with Crippen molar-refractivity contribution >= 4 is 22.8 Å². The van der Waals surface area contributed by atoms with Crippen LogP contribution in [0.4, 0.5) is 24.9 Å². The Balaban J connectivity index is 1.61. The standard InChI is InChI=1S/C24H18F3N7/c25-14-7-9-16(10-8-14)34-22(28)19-21(17-5-3-6-18(26)20(17)27)31-24(32-23(19)33-34)30-13-11-15-4-1-2-12-29-15/h1-10,12H,11,13,28H2,(H,30,32,33). The SMILES string of the molecule is Nc1c2c(-c3cccc(F)c3F)nc(NCCc3ccccn3)nc2nn1-c1ccc(F)cc1. The van der Waals surface area contributed by atoms with Crippen molar-refractivity contribution in [2.75, 3.05) is 17.6 Å². The predicted molar refractivity (Wildman–Crippen MR) is 123 cm³/mol. The molecule has 0 unspecified atom stereocenters. The van der Waals surface area contributed by atoms with E-state index in [1.54, 1.807) is 6.20 Å². The average Bonchev–Trinajstić information content (AvgIpc) is 3.18. The van der Waals surface area contributed by atoms with Gasteiger partial charge in [0.1, 0.15) is 11.6 Å². The van der Waals surface area contributed by atoms with Crippen molar-refractivity contribution < 1.29 is 13.2 Å². The lowest BCUT2D eigenvalue weighted by atomic mass is 10.1. The van der Waals surface area contributed by atoms with Crippen molar-refractivity contribution in [1.82, 2.24) is 24.7 Å². The highest BCUT2D eigenvalue weighted by Gasteiger charge is 2.22. The number of nitrogens with zero attached hydrogens (tertiary/aromatic N) is 5. The zero-order valence-electron chi connectivity index (χ0n) is 17.7. The molecule has 3 aromatic heterocycles. The van der Waals surface area contributed by atoms with Gasteiger partial charge in [-0.15, -0.1) is 5.10 Å². The second-order valence-corrected chi connectivity index (χ2v) is 7.47. The van der Waals surface area contributed by atoms with E-state index in [0.29, 0.717) is 18.7 Å². The summed E-state index contributed by atoms with van der Waals surface area (Å²) < 4.78 is 43.5. The maximum absolute atomic E-state index is 14.8. The highest BCUT2D eigenvalue weighted by Crippen LogP contribution is 2.34. The van der Waals surface area contributed by atoms with Gasteiger partial charge in [-0.05, 0) is 48.5 Å². The molecule has 0 bridgehead atoms. The highest BCUT2D eigenvalue weighted by molar-refractivity contribution is 5.99. The monoisotopic (exact) mass is 461 g/mol. The van der Waals surface area contributed by atoms with Gasteiger partial charge in [0, 0.05) is 30.4 Å². The summed E-state index contributed by atoms with van der Waals surface area (Å²) in [5.41, 5.74) is 7.88. The van der Waals surface area contributed by atoms with E-state index in [2.05, 4.69) is 25.4 Å². The number of nitrogens with two attached hydrogens (primary N) is 1. The van der Waals surface area contributed by atoms with Crippen molar-refractivity contribution in [1.29, 1.82) is 0 Å². The first-order valence-corrected chi connectivity index (χ1v) is 10.4. The summed E-state index contributed by atoms with van der Waals surface area (Å²) in [4.78, 5) is 13.1. The molecule has 34 heavy (non-hydrogen) atoms. The summed E-state index contributed by atoms with van der Waals surface area (Å²) in [5.74, 6) is -2.21. The number of halogens is 3. The number of nitrogen functional groups attached to an aromatic ring is 1. The Morgan fingerprint density at radius 3 is 2.50 bits per heavy atom. The molecule has 3 heterocycles. The minimum absolute atomic E-state index is 0.0782. The first kappa shape index (κ1) is 21.4. The first-order valence-electron chi connectivity index (χ1n) is 10.4. The van der Waals surface area contributed by atoms with Crippen LogP contribution in [0.5, 0.6) is 0 Å². The molecule has 5 rings (SSSR count). The molecule has 0 saturated heterocycles. The van der Waals surface area contributed by atoms with Crippen LogP contribution in [-0.4, -0.2) is 31.3 Å². The fraction of sp³-hybridized carbons (Fsp3) is 0.0833. The Morgan fingerprint density at radius 2 is 1.74 bits per heavy atom. The Hall–Kier alpha value is -4.47. The molecule has 2 aromatic carbocycles. The van der Waals surface area contributed by atoms with Crippen LogP contribution in [-0.2, 0) is 6.42 Å². The lowest BCUT2D eigenvalue weighted by Crippen LogP contribution is -2.09. The second kappa shape index (κ2) is 8.81. The normalized spacial score (nSPS) is 11.1. The maximum Gasteiger partial charge on any atom is 0.225 e. The molecule has 0 radical (unpaired) electrons. The van der Waals surface area contributed by atoms with Gasteiger partial charge < -0.3 is 11.1 Å². The number of hydrogen-bond acceptors (Lipinski definition) is 6. The van der Waals surface area contributed by atoms with Gasteiger partial charge in [-0.25, -0.2) is 22.8 Å². The number of fused-ring (bicyclic) bond motifs is 1. The summed E-state index contributed by atoms with van der Waals surface area (Å²) >= 11 is 0. The van der Waals surface area contributed by atoms with Gasteiger partial charge in [0.25, 0.3) is 0 Å². The third kappa shape index (κ3) is 4.01. The molecule has 3 N–H and O–H groups in total. The van der Waals surface area contributed by atoms with Crippen molar-refractivity contribution in [2.24, 2.45) is 0 Å². The Kier molecular flexibility index (Phi) is 5.54. The number of benzene rings is 2. The maximum atomic E-state index is 14.8. The van der Waals surface area contributed by atoms with E-state index in [4.69, 9.17) is 5.73 Å². The third-order valence-electron chi connectivity index (χ3n) is 5.24. The van der Waals surface area contributed by atoms with Crippen LogP contribution in [0.25, 0.3) is 28.0 Å². The first-order chi connectivity index (χ1) is 16.5. The Morgan fingerprint density at radius 1 is 0.912 bits per heavy atom. The molecule has 170 valence electrons. The van der Waals surface area contributed by atoms with Crippen LogP contribution in [0.2, 0.25) is 0 Å². The van der Waals surface area contributed by atoms with Gasteiger partial charge in [0.05, 0.1) is 16.8 Å². The molecule has 0 fully saturated rings. The molecular weight excluding hydrogens is 443 g/mol. The fourth-order valence-corrected chi connectivity index (χ4v) is 3.60. The smallest absolute Gasteiger partial charge is 0.225 e. The van der Waals surface area contributed by atoms with Crippen LogP contribution in [0.3, 0.4) is 0 Å². The van der Waals surface area contributed by atoms with E-state index in [-0.39, 0.29) is 34.1 Å². The zero-order chi connectivity index (χ0) is 23.7. The minimum Gasteiger partial charge on any atom is -0.383 e. The topological polar surface area (TPSA) is 94.5 Å². The number of aromatic nitrogens is 5. The van der Waals surface area contributed by atoms with Gasteiger partial charge in [0.2, 0.25) is 5.95 Å². The van der Waals surface area contributed by atoms with E-state index in [1.807, 2.05) is 18.2 Å². The van der Waals surface area contributed by atoms with E-state index < -0.39 is 17.5 Å². The number of rotatable bonds is 6. The summed E-state index contributed by atoms with van der Waals surface area (Å²) in [7, 11) is 0. The van der Waals surface area contributed by atoms with Gasteiger partial charge in [0.15, 0.2) is 17.3 Å². The molecule has 0 amide bonds. The van der Waals surface area contributed by atoms with Crippen LogP contribution in [0.1, 0.15) is 5.69 Å². The zero-order valence-corrected chi connectivity index (χ0v) is 17.7. The average molecular weight is 461 g/mol. The van der Waals surface area contributed by atoms with Gasteiger partial charge >= 0.3 is 0 Å². The van der Waals surface area contributed by atoms with Gasteiger partial charge in [-0.2, -0.15) is 4.98 Å². The van der Waals surface area contributed by atoms with Crippen LogP contribution in [0, 0.1) is 17.5 Å². The molecule has 0 atom stereocenters. The molecule has 5 aromatic rings. The summed E-state index contributed by atoms with van der Waals surface area (Å²) in [5, 5.41) is 7.77. The molecular formula is C24H18F3N7. The minimum atomic E-state index is -1.06. The molecule has 0 aliphatic rings. The third-order valence-corrected chi connectivity index (χ3v) is 5.24. The summed E-state index contributed by atoms with van der Waals surface area (Å²) in [6.07, 6.45) is 2.30. The van der Waals surface area contributed by atoms with Crippen LogP contribution in [0.15, 0.2) is 66.9 Å². The Labute approximate surface area is 192 Å². The van der Waals surface area contributed by atoms with Crippen molar-refractivity contribution in [3.8, 4) is 16.9 Å². The molecule has 0 saturated carbocycles. The number of anilines is 2. The summed E-state index contributed by atoms with van der Waals surface area (Å²) in [6.45, 7) is 0.446. The fourth-order valence-electron chi connectivity index (χ4n) is 3.60. The van der Waals surface area contributed by atoms with Crippen molar-refractivity contribution in [3.05, 3.63) is 90.0 Å². The predicted octanol–water partition coefficient (Wildman–Crippen LogP) is 4.53. The van der Waals surface area contributed by atoms with Crippen LogP contribution < -0.4 is 11.1 Å². The number of pyridine rings is 1. The molecule has 0 spiro atoms. The van der Waals surface area contributed by atoms with Gasteiger partial charge in [-0.3, -0.25) is 4.98 Å². The van der Waals surface area contributed by atoms with Gasteiger partial charge in [-0.1, -0.05) is 12.1 Å². The lowest BCUT2D eigenvalue weighted by molar-refractivity contribution is 0.511. The van der Waals surface area contributed by atoms with E-state index >= 15 is 0 Å². The molecule has 0 aliphatic heterocycles. The number of nitrogens with one attached hydrogen (secondary N) is 1. The van der Waals surface area contributed by atoms with Crippen molar-refractivity contribution in [2.45, 2.75) is 6.42 Å². The molecule has 10 heteroatoms. The quantitative estimate of drug-likeness (QED) is 0.386. The highest BCUT2D eigenvalue weighted by atomic mass is 19.2. The lowest BCUT2D eigenvalue weighted by Gasteiger charge is -2.09. The van der Waals surface area contributed by atoms with E-state index in [9.17, 15) is 13.2 Å². The molecule has 7 nitrogen and oxygen atoms in total. The van der Waals surface area contributed by atoms with Crippen LogP contribution >= 0.6 is 0 Å².